The van der Waals surface area contributed by atoms with E-state index in [-0.39, 0.29) is 12.5 Å². The van der Waals surface area contributed by atoms with Crippen molar-refractivity contribution in [3.63, 3.8) is 0 Å². The van der Waals surface area contributed by atoms with Gasteiger partial charge in [0.2, 0.25) is 5.88 Å². The Morgan fingerprint density at radius 2 is 1.87 bits per heavy atom. The van der Waals surface area contributed by atoms with Crippen molar-refractivity contribution in [2.24, 2.45) is 51.8 Å². The molecule has 2 N–H and O–H groups in total. The monoisotopic (exact) mass is 726 g/mol. The highest BCUT2D eigenvalue weighted by Gasteiger charge is 2.64. The topological polar surface area (TPSA) is 98.5 Å². The number of carboxylic acids is 1. The minimum absolute atomic E-state index is 0.0193. The van der Waals surface area contributed by atoms with Crippen LogP contribution in [0.2, 0.25) is 0 Å². The number of hydrogen-bond acceptors (Lipinski definition) is 7. The van der Waals surface area contributed by atoms with Gasteiger partial charge >= 0.3 is 5.97 Å². The fourth-order valence-electron chi connectivity index (χ4n) is 13.8. The van der Waals surface area contributed by atoms with E-state index >= 15 is 0 Å². The number of nitrogens with zero attached hydrogens (tertiary/aromatic N) is 3. The number of ether oxygens (including phenoxy) is 1. The number of fused-ring (bicyclic) bond motifs is 7. The summed E-state index contributed by atoms with van der Waals surface area (Å²) in [5.41, 5.74) is 3.32. The highest BCUT2D eigenvalue weighted by molar-refractivity contribution is 7.99. The summed E-state index contributed by atoms with van der Waals surface area (Å²) in [6.45, 7) is 12.8. The normalized spacial score (nSPS) is 41.7. The van der Waals surface area contributed by atoms with Crippen LogP contribution in [0.1, 0.15) is 110 Å². The maximum atomic E-state index is 12.7. The third-order valence-corrected chi connectivity index (χ3v) is 17.5. The molecule has 0 radical (unpaired) electrons. The van der Waals surface area contributed by atoms with Gasteiger partial charge in [0.15, 0.2) is 0 Å². The number of rotatable bonds is 9. The first-order chi connectivity index (χ1) is 25.1. The summed E-state index contributed by atoms with van der Waals surface area (Å²) in [5.74, 6) is 6.55. The Bertz CT molecular complexity index is 1620. The maximum Gasteiger partial charge on any atom is 0.313 e. The molecule has 0 aromatic carbocycles. The molecule has 1 saturated heterocycles. The van der Waals surface area contributed by atoms with Gasteiger partial charge in [-0.15, -0.1) is 0 Å². The van der Waals surface area contributed by atoms with Crippen LogP contribution in [0.4, 0.5) is 0 Å². The summed E-state index contributed by atoms with van der Waals surface area (Å²) in [6, 6.07) is 5.46. The zero-order valence-electron chi connectivity index (χ0n) is 32.0. The quantitative estimate of drug-likeness (QED) is 0.262. The predicted octanol–water partition coefficient (Wildman–Crippen LogP) is 8.52. The zero-order valence-corrected chi connectivity index (χ0v) is 32.8. The van der Waals surface area contributed by atoms with E-state index in [4.69, 9.17) is 4.74 Å². The highest BCUT2D eigenvalue weighted by Crippen LogP contribution is 2.70. The Labute approximate surface area is 316 Å². The molecule has 1 aromatic heterocycles. The van der Waals surface area contributed by atoms with E-state index in [9.17, 15) is 15.2 Å². The van der Waals surface area contributed by atoms with Gasteiger partial charge in [0.1, 0.15) is 23.7 Å². The lowest BCUT2D eigenvalue weighted by Gasteiger charge is -2.67. The lowest BCUT2D eigenvalue weighted by molar-refractivity contribution is -0.166. The Morgan fingerprint density at radius 1 is 1.04 bits per heavy atom. The minimum Gasteiger partial charge on any atom is -0.481 e. The minimum atomic E-state index is -1.01. The van der Waals surface area contributed by atoms with Crippen LogP contribution < -0.4 is 10.1 Å². The van der Waals surface area contributed by atoms with Gasteiger partial charge in [-0.3, -0.25) is 4.79 Å². The van der Waals surface area contributed by atoms with E-state index in [1.54, 1.807) is 18.3 Å². The number of nitrogens with one attached hydrogen (secondary N) is 1. The SMILES string of the molecule is C[C@@H]1C(C2=CC[C@](COc3ncccc3C#N)(C(=O)O)CC2)=CC[C@]2(C)C3CC[C@@H]4C5CCC[C@]5(NCCN5CCSCC5)CCC4[C@]3(C)CC[C@@H]12. The Balaban J connectivity index is 0.949. The lowest BCUT2D eigenvalue weighted by atomic mass is 9.38. The Kier molecular flexibility index (Phi) is 10.1. The first kappa shape index (κ1) is 36.6. The van der Waals surface area contributed by atoms with Crippen LogP contribution in [0.3, 0.4) is 0 Å². The molecule has 6 aliphatic carbocycles. The fraction of sp³-hybridized carbons (Fsp3) is 0.750. The molecule has 8 heteroatoms. The van der Waals surface area contributed by atoms with Crippen LogP contribution in [0.5, 0.6) is 5.88 Å². The van der Waals surface area contributed by atoms with E-state index in [1.165, 1.54) is 107 Å². The highest BCUT2D eigenvalue weighted by atomic mass is 32.2. The molecular weight excluding hydrogens is 665 g/mol. The molecule has 5 fully saturated rings. The van der Waals surface area contributed by atoms with Crippen LogP contribution in [0, 0.1) is 63.1 Å². The molecule has 2 heterocycles. The van der Waals surface area contributed by atoms with E-state index in [0.29, 0.717) is 46.6 Å². The summed E-state index contributed by atoms with van der Waals surface area (Å²) >= 11 is 2.11. The number of aliphatic carboxylic acids is 1. The Morgan fingerprint density at radius 3 is 2.63 bits per heavy atom. The van der Waals surface area contributed by atoms with Crippen LogP contribution in [-0.4, -0.2) is 70.8 Å². The largest absolute Gasteiger partial charge is 0.481 e. The van der Waals surface area contributed by atoms with Gasteiger partial charge in [0.05, 0.1) is 0 Å². The van der Waals surface area contributed by atoms with Crippen molar-refractivity contribution < 1.29 is 14.6 Å². The number of nitriles is 1. The fourth-order valence-corrected chi connectivity index (χ4v) is 14.8. The van der Waals surface area contributed by atoms with Gasteiger partial charge in [-0.2, -0.15) is 17.0 Å². The van der Waals surface area contributed by atoms with Crippen LogP contribution in [0.15, 0.2) is 41.6 Å². The summed E-state index contributed by atoms with van der Waals surface area (Å²) in [5, 5.41) is 24.1. The molecule has 3 unspecified atom stereocenters. The molecule has 0 bridgehead atoms. The zero-order chi connectivity index (χ0) is 36.1. The summed E-state index contributed by atoms with van der Waals surface area (Å²) in [6.07, 6.45) is 21.8. The smallest absolute Gasteiger partial charge is 0.313 e. The van der Waals surface area contributed by atoms with Crippen molar-refractivity contribution >= 4 is 17.7 Å². The van der Waals surface area contributed by atoms with Gasteiger partial charge in [0, 0.05) is 49.4 Å². The number of pyridine rings is 1. The van der Waals surface area contributed by atoms with E-state index in [2.05, 4.69) is 66.0 Å². The number of thioether (sulfide) groups is 1. The average molecular weight is 727 g/mol. The van der Waals surface area contributed by atoms with Gasteiger partial charge in [-0.1, -0.05) is 39.3 Å². The summed E-state index contributed by atoms with van der Waals surface area (Å²) < 4.78 is 5.92. The second-order valence-electron chi connectivity index (χ2n) is 18.6. The molecule has 52 heavy (non-hydrogen) atoms. The second kappa shape index (κ2) is 14.4. The summed E-state index contributed by atoms with van der Waals surface area (Å²) in [7, 11) is 0. The van der Waals surface area contributed by atoms with Gasteiger partial charge < -0.3 is 20.1 Å². The number of hydrogen-bond donors (Lipinski definition) is 2. The molecule has 7 aliphatic rings. The Hall–Kier alpha value is -2.34. The van der Waals surface area contributed by atoms with Crippen molar-refractivity contribution in [1.29, 1.82) is 5.26 Å². The second-order valence-corrected chi connectivity index (χ2v) is 19.8. The van der Waals surface area contributed by atoms with Gasteiger partial charge in [-0.05, 0) is 147 Å². The number of carbonyl (C=O) groups is 1. The maximum absolute atomic E-state index is 12.7. The average Bonchev–Trinajstić information content (AvgIpc) is 3.59. The molecule has 4 saturated carbocycles. The molecule has 0 amide bonds. The molecule has 10 atom stereocenters. The summed E-state index contributed by atoms with van der Waals surface area (Å²) in [4.78, 5) is 19.5. The van der Waals surface area contributed by atoms with Crippen LogP contribution >= 0.6 is 11.8 Å². The van der Waals surface area contributed by atoms with Gasteiger partial charge in [-0.25, -0.2) is 4.98 Å². The van der Waals surface area contributed by atoms with E-state index in [0.717, 1.165) is 36.5 Å². The third-order valence-electron chi connectivity index (χ3n) is 16.5. The number of allylic oxidation sites excluding steroid dienone is 4. The molecule has 7 nitrogen and oxygen atoms in total. The molecule has 282 valence electrons. The lowest BCUT2D eigenvalue weighted by Crippen LogP contribution is -2.63. The van der Waals surface area contributed by atoms with E-state index in [1.807, 2.05) is 0 Å². The first-order valence-corrected chi connectivity index (χ1v) is 21.9. The number of aromatic nitrogens is 1. The first-order valence-electron chi connectivity index (χ1n) is 20.8. The molecule has 1 aromatic rings. The van der Waals surface area contributed by atoms with Gasteiger partial charge in [0.25, 0.3) is 0 Å². The van der Waals surface area contributed by atoms with Crippen LogP contribution in [-0.2, 0) is 4.79 Å². The van der Waals surface area contributed by atoms with Crippen molar-refractivity contribution in [3.05, 3.63) is 47.2 Å². The van der Waals surface area contributed by atoms with Crippen molar-refractivity contribution in [2.75, 3.05) is 44.3 Å². The molecule has 8 rings (SSSR count). The number of carboxylic acid groups (broad SMARTS) is 1. The van der Waals surface area contributed by atoms with Crippen LogP contribution in [0.25, 0.3) is 0 Å². The van der Waals surface area contributed by atoms with Crippen molar-refractivity contribution in [3.8, 4) is 11.9 Å². The van der Waals surface area contributed by atoms with Crippen molar-refractivity contribution in [2.45, 2.75) is 110 Å². The molecule has 1 aliphatic heterocycles. The third kappa shape index (κ3) is 6.17. The molecule has 0 spiro atoms. The standard InChI is InChI=1S/C44H62N4O3S/c1-30-33(31-10-18-43(19-11-31,40(49)50)29-51-39-32(28-45)6-5-21-46-39)12-16-41(2)35(30)13-17-42(3)36-14-20-44(47-22-23-48-24-26-52-27-25-48)15-4-7-37(44)34(36)8-9-38(41)42/h5-6,10,12,21,30,34-38,47H,4,7-9,11,13-20,22-27,29H2,1-3H3,(H,49,50)/t30-,34+,35+,36?,37?,38?,41+,42+,43+,44+/m1/s1. The van der Waals surface area contributed by atoms with Crippen molar-refractivity contribution in [1.82, 2.24) is 15.2 Å². The molecular formula is C44H62N4O3S. The predicted molar refractivity (Wildman–Crippen MR) is 208 cm³/mol. The van der Waals surface area contributed by atoms with E-state index < -0.39 is 11.4 Å².